The second-order valence-electron chi connectivity index (χ2n) is 6.72. The molecule has 154 valence electrons. The maximum Gasteiger partial charge on any atom is 0.283 e. The molecule has 0 saturated carbocycles. The zero-order valence-electron chi connectivity index (χ0n) is 16.4. The highest BCUT2D eigenvalue weighted by Gasteiger charge is 2.21. The fourth-order valence-electron chi connectivity index (χ4n) is 3.05. The lowest BCUT2D eigenvalue weighted by Crippen LogP contribution is -2.31. The van der Waals surface area contributed by atoms with Crippen molar-refractivity contribution in [1.82, 2.24) is 24.9 Å². The monoisotopic (exact) mass is 425 g/mol. The molecule has 3 aromatic heterocycles. The fraction of sp³-hybridized carbons (Fsp3) is 0.238. The molecule has 4 aromatic rings. The maximum atomic E-state index is 13.0. The standard InChI is InChI=1S/C21H20ClN5O3/c1-2-9-26(14-19-24-25-20(30-19)18-8-5-10-29-18)21(28)16-11-23-27(13-16)12-15-6-3-4-7-17(15)22/h3-8,10-11,13H,2,9,12,14H2,1H3. The van der Waals surface area contributed by atoms with Gasteiger partial charge in [0.25, 0.3) is 11.8 Å². The van der Waals surface area contributed by atoms with Crippen LogP contribution in [0, 0.1) is 0 Å². The normalized spacial score (nSPS) is 11.0. The van der Waals surface area contributed by atoms with E-state index in [9.17, 15) is 4.79 Å². The molecule has 0 aliphatic heterocycles. The van der Waals surface area contributed by atoms with E-state index < -0.39 is 0 Å². The van der Waals surface area contributed by atoms with E-state index in [1.54, 1.807) is 34.1 Å². The topological polar surface area (TPSA) is 90.2 Å². The fourth-order valence-corrected chi connectivity index (χ4v) is 3.24. The molecule has 8 nitrogen and oxygen atoms in total. The van der Waals surface area contributed by atoms with E-state index in [1.807, 2.05) is 31.2 Å². The van der Waals surface area contributed by atoms with E-state index in [1.165, 1.54) is 6.26 Å². The molecule has 0 bridgehead atoms. The first kappa shape index (κ1) is 19.9. The molecule has 0 spiro atoms. The van der Waals surface area contributed by atoms with Crippen molar-refractivity contribution in [2.45, 2.75) is 26.4 Å². The molecule has 1 aromatic carbocycles. The zero-order valence-corrected chi connectivity index (χ0v) is 17.1. The highest BCUT2D eigenvalue weighted by atomic mass is 35.5. The summed E-state index contributed by atoms with van der Waals surface area (Å²) in [6, 6.07) is 11.0. The van der Waals surface area contributed by atoms with Gasteiger partial charge in [-0.25, -0.2) is 0 Å². The maximum absolute atomic E-state index is 13.0. The Bertz CT molecular complexity index is 1120. The second kappa shape index (κ2) is 8.96. The van der Waals surface area contributed by atoms with E-state index >= 15 is 0 Å². The molecule has 0 atom stereocenters. The first-order valence-electron chi connectivity index (χ1n) is 9.55. The third kappa shape index (κ3) is 4.44. The number of amides is 1. The average molecular weight is 426 g/mol. The molecular formula is C21H20ClN5O3. The number of halogens is 1. The molecule has 0 N–H and O–H groups in total. The van der Waals surface area contributed by atoms with Crippen LogP contribution in [0.3, 0.4) is 0 Å². The van der Waals surface area contributed by atoms with Crippen LogP contribution in [0.4, 0.5) is 0 Å². The van der Waals surface area contributed by atoms with Gasteiger partial charge in [-0.3, -0.25) is 9.48 Å². The molecule has 0 fully saturated rings. The predicted octanol–water partition coefficient (Wildman–Crippen LogP) is 4.28. The minimum Gasteiger partial charge on any atom is -0.459 e. The van der Waals surface area contributed by atoms with Gasteiger partial charge in [0, 0.05) is 17.8 Å². The first-order valence-corrected chi connectivity index (χ1v) is 9.93. The van der Waals surface area contributed by atoms with Crippen LogP contribution in [0.15, 0.2) is 63.9 Å². The Morgan fingerprint density at radius 1 is 1.20 bits per heavy atom. The van der Waals surface area contributed by atoms with Crippen LogP contribution in [0.1, 0.15) is 35.2 Å². The number of carbonyl (C=O) groups is 1. The molecule has 1 amide bonds. The quantitative estimate of drug-likeness (QED) is 0.418. The van der Waals surface area contributed by atoms with E-state index in [4.69, 9.17) is 20.4 Å². The zero-order chi connectivity index (χ0) is 20.9. The van der Waals surface area contributed by atoms with Gasteiger partial charge in [0.2, 0.25) is 5.89 Å². The average Bonchev–Trinajstić information content (AvgIpc) is 3.50. The van der Waals surface area contributed by atoms with Crippen molar-refractivity contribution in [2.75, 3.05) is 6.54 Å². The molecule has 9 heteroatoms. The Morgan fingerprint density at radius 3 is 2.83 bits per heavy atom. The van der Waals surface area contributed by atoms with Crippen LogP contribution >= 0.6 is 11.6 Å². The third-order valence-electron chi connectivity index (χ3n) is 4.48. The van der Waals surface area contributed by atoms with Gasteiger partial charge in [-0.15, -0.1) is 10.2 Å². The Balaban J connectivity index is 1.47. The lowest BCUT2D eigenvalue weighted by molar-refractivity contribution is 0.0728. The largest absolute Gasteiger partial charge is 0.459 e. The van der Waals surface area contributed by atoms with E-state index in [-0.39, 0.29) is 18.3 Å². The molecule has 0 aliphatic carbocycles. The van der Waals surface area contributed by atoms with Gasteiger partial charge < -0.3 is 13.7 Å². The summed E-state index contributed by atoms with van der Waals surface area (Å²) in [6.07, 6.45) is 5.60. The second-order valence-corrected chi connectivity index (χ2v) is 7.13. The smallest absolute Gasteiger partial charge is 0.283 e. The van der Waals surface area contributed by atoms with Crippen LogP contribution in [-0.4, -0.2) is 37.3 Å². The summed E-state index contributed by atoms with van der Waals surface area (Å²) in [6.45, 7) is 3.24. The van der Waals surface area contributed by atoms with Crippen LogP contribution in [-0.2, 0) is 13.1 Å². The van der Waals surface area contributed by atoms with E-state index in [2.05, 4.69) is 15.3 Å². The SMILES string of the molecule is CCCN(Cc1nnc(-c2ccco2)o1)C(=O)c1cnn(Cc2ccccc2Cl)c1. The minimum absolute atomic E-state index is 0.153. The summed E-state index contributed by atoms with van der Waals surface area (Å²) in [4.78, 5) is 14.7. The molecule has 0 unspecified atom stereocenters. The van der Waals surface area contributed by atoms with Crippen molar-refractivity contribution in [3.63, 3.8) is 0 Å². The van der Waals surface area contributed by atoms with Gasteiger partial charge >= 0.3 is 0 Å². The number of furan rings is 1. The number of rotatable bonds is 8. The number of carbonyl (C=O) groups excluding carboxylic acids is 1. The molecular weight excluding hydrogens is 406 g/mol. The van der Waals surface area contributed by atoms with Gasteiger partial charge in [0.15, 0.2) is 5.76 Å². The number of benzene rings is 1. The van der Waals surface area contributed by atoms with Crippen molar-refractivity contribution < 1.29 is 13.6 Å². The van der Waals surface area contributed by atoms with E-state index in [0.29, 0.717) is 35.3 Å². The Hall–Kier alpha value is -3.39. The summed E-state index contributed by atoms with van der Waals surface area (Å²) in [5.74, 6) is 0.959. The van der Waals surface area contributed by atoms with Crippen molar-refractivity contribution in [3.8, 4) is 11.7 Å². The number of hydrogen-bond acceptors (Lipinski definition) is 6. The number of nitrogens with zero attached hydrogens (tertiary/aromatic N) is 5. The van der Waals surface area contributed by atoms with Gasteiger partial charge in [0.1, 0.15) is 0 Å². The minimum atomic E-state index is -0.153. The Morgan fingerprint density at radius 2 is 2.07 bits per heavy atom. The number of hydrogen-bond donors (Lipinski definition) is 0. The summed E-state index contributed by atoms with van der Waals surface area (Å²) in [7, 11) is 0. The predicted molar refractivity (Wildman–Crippen MR) is 110 cm³/mol. The van der Waals surface area contributed by atoms with Crippen LogP contribution in [0.25, 0.3) is 11.7 Å². The van der Waals surface area contributed by atoms with Crippen LogP contribution < -0.4 is 0 Å². The summed E-state index contributed by atoms with van der Waals surface area (Å²) in [5.41, 5.74) is 1.42. The van der Waals surface area contributed by atoms with Crippen molar-refractivity contribution in [3.05, 3.63) is 77.1 Å². The highest BCUT2D eigenvalue weighted by Crippen LogP contribution is 2.20. The van der Waals surface area contributed by atoms with Crippen LogP contribution in [0.5, 0.6) is 0 Å². The van der Waals surface area contributed by atoms with Crippen molar-refractivity contribution in [2.24, 2.45) is 0 Å². The molecule has 0 saturated heterocycles. The Kier molecular flexibility index (Phi) is 5.94. The van der Waals surface area contributed by atoms with E-state index in [0.717, 1.165) is 12.0 Å². The van der Waals surface area contributed by atoms with Gasteiger partial charge in [0.05, 0.1) is 31.1 Å². The lowest BCUT2D eigenvalue weighted by atomic mass is 10.2. The van der Waals surface area contributed by atoms with Gasteiger partial charge in [-0.1, -0.05) is 36.7 Å². The summed E-state index contributed by atoms with van der Waals surface area (Å²) in [5, 5.41) is 13.0. The molecule has 4 rings (SSSR count). The molecule has 3 heterocycles. The third-order valence-corrected chi connectivity index (χ3v) is 4.84. The summed E-state index contributed by atoms with van der Waals surface area (Å²) < 4.78 is 12.6. The first-order chi connectivity index (χ1) is 14.6. The number of aromatic nitrogens is 4. The molecule has 30 heavy (non-hydrogen) atoms. The Labute approximate surface area is 178 Å². The van der Waals surface area contributed by atoms with Crippen LogP contribution in [0.2, 0.25) is 5.02 Å². The molecule has 0 radical (unpaired) electrons. The highest BCUT2D eigenvalue weighted by molar-refractivity contribution is 6.31. The summed E-state index contributed by atoms with van der Waals surface area (Å²) >= 11 is 6.22. The lowest BCUT2D eigenvalue weighted by Gasteiger charge is -2.19. The van der Waals surface area contributed by atoms with Crippen molar-refractivity contribution >= 4 is 17.5 Å². The van der Waals surface area contributed by atoms with Gasteiger partial charge in [-0.05, 0) is 30.2 Å². The van der Waals surface area contributed by atoms with Crippen molar-refractivity contribution in [1.29, 1.82) is 0 Å². The molecule has 0 aliphatic rings. The van der Waals surface area contributed by atoms with Gasteiger partial charge in [-0.2, -0.15) is 5.10 Å².